The molecule has 0 fully saturated rings. The average Bonchev–Trinajstić information content (AvgIpc) is 3.00. The van der Waals surface area contributed by atoms with Crippen molar-refractivity contribution < 1.29 is 14.3 Å². The van der Waals surface area contributed by atoms with Crippen LogP contribution in [0.3, 0.4) is 0 Å². The Hall–Kier alpha value is -3.86. The second-order valence-corrected chi connectivity index (χ2v) is 7.12. The van der Waals surface area contributed by atoms with Crippen molar-refractivity contribution in [3.63, 3.8) is 0 Å². The van der Waals surface area contributed by atoms with Crippen LogP contribution in [0.25, 0.3) is 5.57 Å². The van der Waals surface area contributed by atoms with Gasteiger partial charge in [-0.15, -0.1) is 0 Å². The van der Waals surface area contributed by atoms with Gasteiger partial charge in [0.2, 0.25) is 0 Å². The highest BCUT2D eigenvalue weighted by Crippen LogP contribution is 2.35. The van der Waals surface area contributed by atoms with Crippen LogP contribution >= 0.6 is 0 Å². The van der Waals surface area contributed by atoms with Gasteiger partial charge in [0.1, 0.15) is 11.4 Å². The number of amides is 2. The highest BCUT2D eigenvalue weighted by Gasteiger charge is 2.40. The molecule has 1 N–H and O–H groups in total. The summed E-state index contributed by atoms with van der Waals surface area (Å²) in [6.07, 6.45) is 0. The molecule has 1 aliphatic rings. The molecular weight excluding hydrogens is 376 g/mol. The highest BCUT2D eigenvalue weighted by atomic mass is 16.5. The molecule has 3 aromatic carbocycles. The van der Waals surface area contributed by atoms with Crippen molar-refractivity contribution in [3.8, 4) is 5.75 Å². The molecule has 0 atom stereocenters. The summed E-state index contributed by atoms with van der Waals surface area (Å²) in [6, 6.07) is 24.4. The predicted octanol–water partition coefficient (Wildman–Crippen LogP) is 4.40. The van der Waals surface area contributed by atoms with Crippen LogP contribution in [-0.4, -0.2) is 23.8 Å². The van der Waals surface area contributed by atoms with Gasteiger partial charge in [0, 0.05) is 11.3 Å². The van der Waals surface area contributed by atoms with E-state index in [-0.39, 0.29) is 24.1 Å². The maximum atomic E-state index is 13.4. The normalized spacial score (nSPS) is 13.7. The van der Waals surface area contributed by atoms with E-state index in [0.717, 1.165) is 16.8 Å². The SMILES string of the molecule is COc1ccccc1C1=C(Nc2ccccc2)C(=O)N(Cc2ccc(C)cc2)C1=O. The van der Waals surface area contributed by atoms with Gasteiger partial charge in [-0.05, 0) is 30.7 Å². The molecule has 0 unspecified atom stereocenters. The zero-order valence-electron chi connectivity index (χ0n) is 16.9. The summed E-state index contributed by atoms with van der Waals surface area (Å²) in [5.74, 6) is -0.160. The summed E-state index contributed by atoms with van der Waals surface area (Å²) in [7, 11) is 1.55. The zero-order chi connectivity index (χ0) is 21.1. The minimum atomic E-state index is -0.356. The molecule has 150 valence electrons. The summed E-state index contributed by atoms with van der Waals surface area (Å²) in [4.78, 5) is 28.0. The number of hydrogen-bond donors (Lipinski definition) is 1. The van der Waals surface area contributed by atoms with E-state index >= 15 is 0 Å². The average molecular weight is 398 g/mol. The molecule has 4 rings (SSSR count). The number of benzene rings is 3. The van der Waals surface area contributed by atoms with Gasteiger partial charge in [-0.25, -0.2) is 0 Å². The first-order valence-corrected chi connectivity index (χ1v) is 9.70. The van der Waals surface area contributed by atoms with Crippen LogP contribution < -0.4 is 10.1 Å². The second-order valence-electron chi connectivity index (χ2n) is 7.12. The van der Waals surface area contributed by atoms with Crippen LogP contribution in [-0.2, 0) is 16.1 Å². The lowest BCUT2D eigenvalue weighted by atomic mass is 10.0. The largest absolute Gasteiger partial charge is 0.496 e. The third-order valence-electron chi connectivity index (χ3n) is 5.05. The van der Waals surface area contributed by atoms with Crippen molar-refractivity contribution in [1.82, 2.24) is 4.90 Å². The number of carbonyl (C=O) groups is 2. The smallest absolute Gasteiger partial charge is 0.278 e. The van der Waals surface area contributed by atoms with Gasteiger partial charge in [0.25, 0.3) is 11.8 Å². The van der Waals surface area contributed by atoms with E-state index in [1.54, 1.807) is 19.2 Å². The number of anilines is 1. The van der Waals surface area contributed by atoms with Gasteiger partial charge in [0.15, 0.2) is 0 Å². The number of ether oxygens (including phenoxy) is 1. The Kier molecular flexibility index (Phi) is 5.35. The summed E-state index contributed by atoms with van der Waals surface area (Å²) < 4.78 is 5.46. The van der Waals surface area contributed by atoms with E-state index in [4.69, 9.17) is 4.74 Å². The minimum absolute atomic E-state index is 0.205. The Morgan fingerprint density at radius 3 is 2.20 bits per heavy atom. The molecule has 0 saturated carbocycles. The molecule has 0 spiro atoms. The van der Waals surface area contributed by atoms with Crippen molar-refractivity contribution in [3.05, 3.63) is 101 Å². The third-order valence-corrected chi connectivity index (χ3v) is 5.05. The molecule has 0 radical (unpaired) electrons. The maximum absolute atomic E-state index is 13.4. The monoisotopic (exact) mass is 398 g/mol. The van der Waals surface area contributed by atoms with Crippen LogP contribution in [0.2, 0.25) is 0 Å². The molecule has 5 nitrogen and oxygen atoms in total. The molecule has 30 heavy (non-hydrogen) atoms. The molecule has 0 aromatic heterocycles. The number of para-hydroxylation sites is 2. The number of hydrogen-bond acceptors (Lipinski definition) is 4. The lowest BCUT2D eigenvalue weighted by Gasteiger charge is -2.16. The van der Waals surface area contributed by atoms with Crippen molar-refractivity contribution in [2.75, 3.05) is 12.4 Å². The topological polar surface area (TPSA) is 58.6 Å². The lowest BCUT2D eigenvalue weighted by molar-refractivity contribution is -0.137. The third kappa shape index (κ3) is 3.70. The minimum Gasteiger partial charge on any atom is -0.496 e. The van der Waals surface area contributed by atoms with Crippen LogP contribution in [0.15, 0.2) is 84.6 Å². The summed E-state index contributed by atoms with van der Waals surface area (Å²) >= 11 is 0. The second kappa shape index (κ2) is 8.25. The fourth-order valence-electron chi connectivity index (χ4n) is 3.48. The van der Waals surface area contributed by atoms with Crippen molar-refractivity contribution in [1.29, 1.82) is 0 Å². The van der Waals surface area contributed by atoms with Gasteiger partial charge in [-0.1, -0.05) is 66.2 Å². The number of nitrogens with one attached hydrogen (secondary N) is 1. The number of nitrogens with zero attached hydrogens (tertiary/aromatic N) is 1. The van der Waals surface area contributed by atoms with Crippen molar-refractivity contribution in [2.45, 2.75) is 13.5 Å². The number of carbonyl (C=O) groups excluding carboxylic acids is 2. The fourth-order valence-corrected chi connectivity index (χ4v) is 3.48. The summed E-state index contributed by atoms with van der Waals surface area (Å²) in [6.45, 7) is 2.20. The molecule has 0 aliphatic carbocycles. The van der Waals surface area contributed by atoms with E-state index in [1.165, 1.54) is 4.90 Å². The van der Waals surface area contributed by atoms with Crippen LogP contribution in [0.1, 0.15) is 16.7 Å². The predicted molar refractivity (Wildman–Crippen MR) is 117 cm³/mol. The van der Waals surface area contributed by atoms with Crippen LogP contribution in [0.5, 0.6) is 5.75 Å². The Labute approximate surface area is 175 Å². The van der Waals surface area contributed by atoms with Gasteiger partial charge in [-0.2, -0.15) is 0 Å². The molecular formula is C25H22N2O3. The van der Waals surface area contributed by atoms with E-state index in [2.05, 4.69) is 5.32 Å². The number of imide groups is 1. The van der Waals surface area contributed by atoms with E-state index in [0.29, 0.717) is 16.9 Å². The first kappa shape index (κ1) is 19.5. The fraction of sp³-hybridized carbons (Fsp3) is 0.120. The Balaban J connectivity index is 1.77. The molecule has 5 heteroatoms. The highest BCUT2D eigenvalue weighted by molar-refractivity contribution is 6.36. The maximum Gasteiger partial charge on any atom is 0.278 e. The summed E-state index contributed by atoms with van der Waals surface area (Å²) in [5, 5.41) is 3.16. The number of rotatable bonds is 6. The standard InChI is InChI=1S/C25H22N2O3/c1-17-12-14-18(15-13-17)16-27-24(28)22(20-10-6-7-11-21(20)30-2)23(25(27)29)26-19-8-4-3-5-9-19/h3-15,26H,16H2,1-2H3. The van der Waals surface area contributed by atoms with Crippen molar-refractivity contribution >= 4 is 23.1 Å². The molecule has 0 saturated heterocycles. The summed E-state index contributed by atoms with van der Waals surface area (Å²) in [5.41, 5.74) is 3.90. The Morgan fingerprint density at radius 2 is 1.50 bits per heavy atom. The van der Waals surface area contributed by atoms with Gasteiger partial charge < -0.3 is 10.1 Å². The first-order chi connectivity index (χ1) is 14.6. The van der Waals surface area contributed by atoms with Crippen LogP contribution in [0, 0.1) is 6.92 Å². The molecule has 0 bridgehead atoms. The lowest BCUT2D eigenvalue weighted by Crippen LogP contribution is -2.32. The first-order valence-electron chi connectivity index (χ1n) is 9.70. The number of aryl methyl sites for hydroxylation is 1. The Morgan fingerprint density at radius 1 is 0.833 bits per heavy atom. The quantitative estimate of drug-likeness (QED) is 0.626. The molecule has 2 amide bonds. The number of methoxy groups -OCH3 is 1. The van der Waals surface area contributed by atoms with E-state index in [9.17, 15) is 9.59 Å². The molecule has 3 aromatic rings. The van der Waals surface area contributed by atoms with E-state index in [1.807, 2.05) is 73.7 Å². The Bertz CT molecular complexity index is 1120. The van der Waals surface area contributed by atoms with Crippen molar-refractivity contribution in [2.24, 2.45) is 0 Å². The van der Waals surface area contributed by atoms with E-state index < -0.39 is 0 Å². The van der Waals surface area contributed by atoms with Gasteiger partial charge >= 0.3 is 0 Å². The zero-order valence-corrected chi connectivity index (χ0v) is 16.9. The molecule has 1 heterocycles. The van der Waals surface area contributed by atoms with Crippen LogP contribution in [0.4, 0.5) is 5.69 Å². The molecule has 1 aliphatic heterocycles. The van der Waals surface area contributed by atoms with Gasteiger partial charge in [-0.3, -0.25) is 14.5 Å². The van der Waals surface area contributed by atoms with Gasteiger partial charge in [0.05, 0.1) is 19.2 Å².